The summed E-state index contributed by atoms with van der Waals surface area (Å²) >= 11 is 5.27. The summed E-state index contributed by atoms with van der Waals surface area (Å²) in [5.41, 5.74) is 0. The van der Waals surface area contributed by atoms with E-state index in [-0.39, 0.29) is 0 Å². The lowest BCUT2D eigenvalue weighted by Crippen LogP contribution is -2.40. The molecule has 0 saturated carbocycles. The minimum Gasteiger partial charge on any atom is -0.378 e. The van der Waals surface area contributed by atoms with Gasteiger partial charge in [0.05, 0.1) is 13.2 Å². The summed E-state index contributed by atoms with van der Waals surface area (Å²) in [5.74, 6) is 0.775. The number of aromatic amines is 1. The number of rotatable bonds is 1. The Hall–Kier alpha value is -0.940. The number of hydrogen-bond acceptors (Lipinski definition) is 3. The average molecular weight is 197 g/mol. The first-order chi connectivity index (χ1) is 6.38. The molecule has 0 aliphatic carbocycles. The van der Waals surface area contributed by atoms with Crippen molar-refractivity contribution in [3.05, 3.63) is 18.2 Å². The highest BCUT2D eigenvalue weighted by Gasteiger charge is 2.15. The molecule has 0 aromatic carbocycles. The summed E-state index contributed by atoms with van der Waals surface area (Å²) in [7, 11) is 0. The maximum absolute atomic E-state index is 5.27. The van der Waals surface area contributed by atoms with Gasteiger partial charge in [-0.05, 0) is 0 Å². The van der Waals surface area contributed by atoms with Crippen molar-refractivity contribution in [1.82, 2.24) is 14.9 Å². The third-order valence-electron chi connectivity index (χ3n) is 2.00. The Bertz CT molecular complexity index is 280. The van der Waals surface area contributed by atoms with Crippen LogP contribution in [-0.4, -0.2) is 46.2 Å². The Morgan fingerprint density at radius 2 is 2.31 bits per heavy atom. The summed E-state index contributed by atoms with van der Waals surface area (Å²) in [6, 6.07) is 0. The number of ether oxygens (including phenoxy) is 1. The number of morpholine rings is 1. The zero-order valence-corrected chi connectivity index (χ0v) is 8.01. The van der Waals surface area contributed by atoms with E-state index in [0.29, 0.717) is 0 Å². The fourth-order valence-electron chi connectivity index (χ4n) is 1.30. The Kier molecular flexibility index (Phi) is 2.56. The molecule has 0 spiro atoms. The number of nitrogens with zero attached hydrogens (tertiary/aromatic N) is 2. The molecule has 2 heterocycles. The highest BCUT2D eigenvalue weighted by molar-refractivity contribution is 7.80. The largest absolute Gasteiger partial charge is 0.378 e. The van der Waals surface area contributed by atoms with Crippen molar-refractivity contribution in [2.75, 3.05) is 26.3 Å². The van der Waals surface area contributed by atoms with E-state index in [9.17, 15) is 0 Å². The second-order valence-corrected chi connectivity index (χ2v) is 3.23. The van der Waals surface area contributed by atoms with Gasteiger partial charge >= 0.3 is 0 Å². The van der Waals surface area contributed by atoms with Crippen LogP contribution in [0, 0.1) is 0 Å². The SMILES string of the molecule is S=C(c1ncc[nH]1)N1CCOCC1. The monoisotopic (exact) mass is 197 g/mol. The highest BCUT2D eigenvalue weighted by atomic mass is 32.1. The van der Waals surface area contributed by atoms with Crippen molar-refractivity contribution >= 4 is 17.2 Å². The summed E-state index contributed by atoms with van der Waals surface area (Å²) in [6.45, 7) is 3.22. The number of aromatic nitrogens is 2. The van der Waals surface area contributed by atoms with Crippen LogP contribution >= 0.6 is 12.2 Å². The highest BCUT2D eigenvalue weighted by Crippen LogP contribution is 2.03. The molecular formula is C8H11N3OS. The first-order valence-corrected chi connectivity index (χ1v) is 4.65. The molecule has 1 aliphatic heterocycles. The summed E-state index contributed by atoms with van der Waals surface area (Å²) in [5, 5.41) is 0. The summed E-state index contributed by atoms with van der Waals surface area (Å²) in [4.78, 5) is 10.0. The van der Waals surface area contributed by atoms with Gasteiger partial charge in [-0.1, -0.05) is 12.2 Å². The Balaban J connectivity index is 2.04. The molecule has 1 aromatic rings. The second-order valence-electron chi connectivity index (χ2n) is 2.84. The zero-order valence-electron chi connectivity index (χ0n) is 7.19. The lowest BCUT2D eigenvalue weighted by atomic mass is 10.4. The third kappa shape index (κ3) is 1.87. The van der Waals surface area contributed by atoms with Gasteiger partial charge in [0, 0.05) is 25.5 Å². The van der Waals surface area contributed by atoms with Gasteiger partial charge in [0.25, 0.3) is 0 Å². The first kappa shape index (κ1) is 8.65. The van der Waals surface area contributed by atoms with Crippen LogP contribution in [0.5, 0.6) is 0 Å². The molecule has 4 nitrogen and oxygen atoms in total. The topological polar surface area (TPSA) is 41.2 Å². The molecule has 1 N–H and O–H groups in total. The fourth-order valence-corrected chi connectivity index (χ4v) is 1.59. The van der Waals surface area contributed by atoms with Gasteiger partial charge in [-0.2, -0.15) is 0 Å². The van der Waals surface area contributed by atoms with E-state index < -0.39 is 0 Å². The number of hydrogen-bond donors (Lipinski definition) is 1. The van der Waals surface area contributed by atoms with E-state index in [0.717, 1.165) is 37.1 Å². The Morgan fingerprint density at radius 3 is 2.92 bits per heavy atom. The van der Waals surface area contributed by atoms with Crippen LogP contribution in [0.2, 0.25) is 0 Å². The Morgan fingerprint density at radius 1 is 1.54 bits per heavy atom. The molecule has 2 rings (SSSR count). The van der Waals surface area contributed by atoms with E-state index in [4.69, 9.17) is 17.0 Å². The van der Waals surface area contributed by atoms with Crippen LogP contribution < -0.4 is 0 Å². The molecule has 0 atom stereocenters. The van der Waals surface area contributed by atoms with Crippen molar-refractivity contribution in [3.63, 3.8) is 0 Å². The average Bonchev–Trinajstić information content (AvgIpc) is 2.71. The molecular weight excluding hydrogens is 186 g/mol. The zero-order chi connectivity index (χ0) is 9.10. The van der Waals surface area contributed by atoms with E-state index >= 15 is 0 Å². The molecule has 13 heavy (non-hydrogen) atoms. The lowest BCUT2D eigenvalue weighted by molar-refractivity contribution is 0.0691. The van der Waals surface area contributed by atoms with Crippen molar-refractivity contribution < 1.29 is 4.74 Å². The quantitative estimate of drug-likeness (QED) is 0.662. The van der Waals surface area contributed by atoms with E-state index in [2.05, 4.69) is 14.9 Å². The number of imidazole rings is 1. The maximum atomic E-state index is 5.27. The van der Waals surface area contributed by atoms with Gasteiger partial charge in [-0.3, -0.25) is 0 Å². The normalized spacial score (nSPS) is 17.4. The van der Waals surface area contributed by atoms with Gasteiger partial charge in [-0.15, -0.1) is 0 Å². The van der Waals surface area contributed by atoms with Gasteiger partial charge < -0.3 is 14.6 Å². The minimum atomic E-state index is 0.751. The second kappa shape index (κ2) is 3.85. The van der Waals surface area contributed by atoms with Crippen molar-refractivity contribution in [2.24, 2.45) is 0 Å². The van der Waals surface area contributed by atoms with Crippen LogP contribution in [0.3, 0.4) is 0 Å². The predicted molar refractivity (Wildman–Crippen MR) is 52.7 cm³/mol. The summed E-state index contributed by atoms with van der Waals surface area (Å²) < 4.78 is 5.24. The lowest BCUT2D eigenvalue weighted by Gasteiger charge is -2.28. The number of H-pyrrole nitrogens is 1. The molecule has 1 aliphatic rings. The van der Waals surface area contributed by atoms with Crippen LogP contribution in [0.1, 0.15) is 5.82 Å². The molecule has 70 valence electrons. The molecule has 1 saturated heterocycles. The molecule has 0 amide bonds. The molecule has 0 radical (unpaired) electrons. The van der Waals surface area contributed by atoms with Crippen LogP contribution in [0.25, 0.3) is 0 Å². The smallest absolute Gasteiger partial charge is 0.165 e. The van der Waals surface area contributed by atoms with Crippen molar-refractivity contribution in [3.8, 4) is 0 Å². The standard InChI is InChI=1S/C8H11N3OS/c13-8(7-9-1-2-10-7)11-3-5-12-6-4-11/h1-2H,3-6H2,(H,9,10). The van der Waals surface area contributed by atoms with E-state index in [1.165, 1.54) is 0 Å². The molecule has 1 aromatic heterocycles. The number of thiocarbonyl (C=S) groups is 1. The van der Waals surface area contributed by atoms with Crippen molar-refractivity contribution in [2.45, 2.75) is 0 Å². The van der Waals surface area contributed by atoms with Crippen LogP contribution in [0.4, 0.5) is 0 Å². The molecule has 1 fully saturated rings. The first-order valence-electron chi connectivity index (χ1n) is 4.24. The molecule has 5 heteroatoms. The van der Waals surface area contributed by atoms with E-state index in [1.54, 1.807) is 12.4 Å². The molecule has 0 bridgehead atoms. The third-order valence-corrected chi connectivity index (χ3v) is 2.45. The van der Waals surface area contributed by atoms with Gasteiger partial charge in [0.2, 0.25) is 0 Å². The van der Waals surface area contributed by atoms with Crippen LogP contribution in [0.15, 0.2) is 12.4 Å². The molecule has 0 unspecified atom stereocenters. The van der Waals surface area contributed by atoms with Gasteiger partial charge in [0.15, 0.2) is 5.82 Å². The minimum absolute atomic E-state index is 0.751. The Labute approximate surface area is 81.9 Å². The summed E-state index contributed by atoms with van der Waals surface area (Å²) in [6.07, 6.45) is 3.49. The van der Waals surface area contributed by atoms with Crippen LogP contribution in [-0.2, 0) is 4.74 Å². The fraction of sp³-hybridized carbons (Fsp3) is 0.500. The predicted octanol–water partition coefficient (Wildman–Crippen LogP) is 0.417. The van der Waals surface area contributed by atoms with Crippen molar-refractivity contribution in [1.29, 1.82) is 0 Å². The number of nitrogens with one attached hydrogen (secondary N) is 1. The van der Waals surface area contributed by atoms with Gasteiger partial charge in [-0.25, -0.2) is 4.98 Å². The maximum Gasteiger partial charge on any atom is 0.165 e. The van der Waals surface area contributed by atoms with Gasteiger partial charge in [0.1, 0.15) is 4.99 Å². The van der Waals surface area contributed by atoms with E-state index in [1.807, 2.05) is 0 Å².